The molecule has 5 heteroatoms. The second kappa shape index (κ2) is 6.67. The summed E-state index contributed by atoms with van der Waals surface area (Å²) in [5.41, 5.74) is 2.51. The van der Waals surface area contributed by atoms with E-state index in [-0.39, 0.29) is 18.6 Å². The van der Waals surface area contributed by atoms with Crippen molar-refractivity contribution < 1.29 is 5.11 Å². The molecule has 1 aromatic rings. The van der Waals surface area contributed by atoms with Crippen LogP contribution in [0.2, 0.25) is 0 Å². The molecule has 0 aliphatic heterocycles. The fourth-order valence-corrected chi connectivity index (χ4v) is 3.02. The maximum atomic E-state index is 9.44. The van der Waals surface area contributed by atoms with Crippen molar-refractivity contribution in [1.82, 2.24) is 10.2 Å². The van der Waals surface area contributed by atoms with E-state index in [4.69, 9.17) is 0 Å². The zero-order valence-electron chi connectivity index (χ0n) is 12.2. The highest BCUT2D eigenvalue weighted by atomic mass is 16.3. The number of nitrogens with one attached hydrogen (secondary N) is 1. The van der Waals surface area contributed by atoms with Gasteiger partial charge in [-0.15, -0.1) is 5.10 Å². The van der Waals surface area contributed by atoms with E-state index in [9.17, 15) is 10.4 Å². The summed E-state index contributed by atoms with van der Waals surface area (Å²) in [6.07, 6.45) is 4.70. The Kier molecular flexibility index (Phi) is 4.91. The molecule has 0 saturated heterocycles. The van der Waals surface area contributed by atoms with Crippen molar-refractivity contribution in [3.63, 3.8) is 0 Å². The van der Waals surface area contributed by atoms with Gasteiger partial charge in [0, 0.05) is 18.6 Å². The number of hydrogen-bond donors (Lipinski definition) is 2. The molecule has 5 nitrogen and oxygen atoms in total. The van der Waals surface area contributed by atoms with E-state index in [0.29, 0.717) is 11.4 Å². The highest BCUT2D eigenvalue weighted by Gasteiger charge is 2.28. The lowest BCUT2D eigenvalue weighted by atomic mass is 10.0. The fraction of sp³-hybridized carbons (Fsp3) is 0.667. The van der Waals surface area contributed by atoms with Crippen molar-refractivity contribution in [3.8, 4) is 6.07 Å². The molecule has 20 heavy (non-hydrogen) atoms. The van der Waals surface area contributed by atoms with Crippen LogP contribution in [-0.2, 0) is 12.8 Å². The molecule has 0 amide bonds. The summed E-state index contributed by atoms with van der Waals surface area (Å²) in [7, 11) is 0. The first-order valence-corrected chi connectivity index (χ1v) is 7.41. The zero-order valence-corrected chi connectivity index (χ0v) is 12.2. The van der Waals surface area contributed by atoms with Gasteiger partial charge in [-0.2, -0.15) is 10.4 Å². The highest BCUT2D eigenvalue weighted by Crippen LogP contribution is 2.29. The van der Waals surface area contributed by atoms with Gasteiger partial charge in [-0.3, -0.25) is 0 Å². The number of aliphatic hydroxyl groups is 1. The summed E-state index contributed by atoms with van der Waals surface area (Å²) < 4.78 is 0. The van der Waals surface area contributed by atoms with Crippen LogP contribution < -0.4 is 5.32 Å². The predicted octanol–water partition coefficient (Wildman–Crippen LogP) is 2.05. The van der Waals surface area contributed by atoms with Gasteiger partial charge >= 0.3 is 0 Å². The van der Waals surface area contributed by atoms with Crippen LogP contribution in [-0.4, -0.2) is 28.0 Å². The molecule has 0 radical (unpaired) electrons. The van der Waals surface area contributed by atoms with Crippen LogP contribution in [0.5, 0.6) is 0 Å². The van der Waals surface area contributed by atoms with Crippen molar-refractivity contribution in [3.05, 3.63) is 16.8 Å². The molecule has 108 valence electrons. The molecule has 1 aromatic heterocycles. The second-order valence-corrected chi connectivity index (χ2v) is 5.29. The maximum Gasteiger partial charge on any atom is 0.167 e. The Bertz CT molecular complexity index is 509. The van der Waals surface area contributed by atoms with Gasteiger partial charge in [0.2, 0.25) is 0 Å². The summed E-state index contributed by atoms with van der Waals surface area (Å²) in [5, 5.41) is 30.6. The SMILES string of the molecule is CCc1nnc(NC2CCCC2CO)c(C#N)c1CC. The molecule has 1 fully saturated rings. The van der Waals surface area contributed by atoms with Crippen molar-refractivity contribution in [2.75, 3.05) is 11.9 Å². The number of aromatic nitrogens is 2. The van der Waals surface area contributed by atoms with E-state index in [1.165, 1.54) is 0 Å². The maximum absolute atomic E-state index is 9.44. The van der Waals surface area contributed by atoms with Crippen LogP contribution in [0.3, 0.4) is 0 Å². The van der Waals surface area contributed by atoms with E-state index in [1.54, 1.807) is 0 Å². The molecule has 0 aromatic carbocycles. The standard InChI is InChI=1S/C15H22N4O/c1-3-11-12(8-16)15(19-18-13(11)4-2)17-14-7-5-6-10(14)9-20/h10,14,20H,3-7,9H2,1-2H3,(H,17,19). The molecular weight excluding hydrogens is 252 g/mol. The molecule has 0 spiro atoms. The number of nitrogens with zero attached hydrogens (tertiary/aromatic N) is 3. The first-order chi connectivity index (χ1) is 9.74. The van der Waals surface area contributed by atoms with Gasteiger partial charge < -0.3 is 10.4 Å². The molecule has 2 N–H and O–H groups in total. The molecule has 1 aliphatic rings. The van der Waals surface area contributed by atoms with Crippen molar-refractivity contribution >= 4 is 5.82 Å². The molecule has 0 bridgehead atoms. The topological polar surface area (TPSA) is 81.8 Å². The van der Waals surface area contributed by atoms with Crippen LogP contribution in [0.1, 0.15) is 49.9 Å². The molecule has 2 unspecified atom stereocenters. The average molecular weight is 274 g/mol. The third-order valence-corrected chi connectivity index (χ3v) is 4.17. The quantitative estimate of drug-likeness (QED) is 0.858. The molecular formula is C15H22N4O. The van der Waals surface area contributed by atoms with Gasteiger partial charge in [0.1, 0.15) is 11.6 Å². The number of hydrogen-bond acceptors (Lipinski definition) is 5. The van der Waals surface area contributed by atoms with Gasteiger partial charge in [0.05, 0.1) is 5.69 Å². The minimum Gasteiger partial charge on any atom is -0.396 e. The Hall–Kier alpha value is -1.67. The number of rotatable bonds is 5. The van der Waals surface area contributed by atoms with Crippen LogP contribution in [0, 0.1) is 17.2 Å². The Morgan fingerprint density at radius 3 is 2.70 bits per heavy atom. The molecule has 1 aliphatic carbocycles. The van der Waals surface area contributed by atoms with Gasteiger partial charge in [-0.05, 0) is 31.2 Å². The van der Waals surface area contributed by atoms with E-state index >= 15 is 0 Å². The minimum atomic E-state index is 0.181. The summed E-state index contributed by atoms with van der Waals surface area (Å²) in [6, 6.07) is 2.46. The van der Waals surface area contributed by atoms with E-state index in [0.717, 1.165) is 43.4 Å². The summed E-state index contributed by atoms with van der Waals surface area (Å²) >= 11 is 0. The van der Waals surface area contributed by atoms with Crippen molar-refractivity contribution in [1.29, 1.82) is 5.26 Å². The first kappa shape index (κ1) is 14.7. The summed E-state index contributed by atoms with van der Waals surface area (Å²) in [4.78, 5) is 0. The second-order valence-electron chi connectivity index (χ2n) is 5.29. The van der Waals surface area contributed by atoms with Crippen LogP contribution >= 0.6 is 0 Å². The number of aliphatic hydroxyl groups excluding tert-OH is 1. The molecule has 1 saturated carbocycles. The van der Waals surface area contributed by atoms with Gasteiger partial charge in [0.15, 0.2) is 5.82 Å². The smallest absolute Gasteiger partial charge is 0.167 e. The number of nitriles is 1. The average Bonchev–Trinajstić information content (AvgIpc) is 2.93. The zero-order chi connectivity index (χ0) is 14.5. The first-order valence-electron chi connectivity index (χ1n) is 7.41. The summed E-state index contributed by atoms with van der Waals surface area (Å²) in [6.45, 7) is 4.24. The lowest BCUT2D eigenvalue weighted by Crippen LogP contribution is -2.27. The molecule has 2 rings (SSSR count). The van der Waals surface area contributed by atoms with E-state index in [2.05, 4.69) is 21.6 Å². The monoisotopic (exact) mass is 274 g/mol. The normalized spacial score (nSPS) is 21.7. The van der Waals surface area contributed by atoms with Gasteiger partial charge in [-0.25, -0.2) is 0 Å². The Balaban J connectivity index is 2.30. The van der Waals surface area contributed by atoms with Crippen LogP contribution in [0.25, 0.3) is 0 Å². The Morgan fingerprint density at radius 2 is 2.10 bits per heavy atom. The van der Waals surface area contributed by atoms with Crippen molar-refractivity contribution in [2.45, 2.75) is 52.0 Å². The largest absolute Gasteiger partial charge is 0.396 e. The lowest BCUT2D eigenvalue weighted by Gasteiger charge is -2.21. The fourth-order valence-electron chi connectivity index (χ4n) is 3.02. The van der Waals surface area contributed by atoms with E-state index in [1.807, 2.05) is 13.8 Å². The van der Waals surface area contributed by atoms with Crippen LogP contribution in [0.15, 0.2) is 0 Å². The van der Waals surface area contributed by atoms with Gasteiger partial charge in [-0.1, -0.05) is 20.3 Å². The van der Waals surface area contributed by atoms with E-state index < -0.39 is 0 Å². The number of aryl methyl sites for hydroxylation is 1. The third kappa shape index (κ3) is 2.75. The predicted molar refractivity (Wildman–Crippen MR) is 77.3 cm³/mol. The van der Waals surface area contributed by atoms with Crippen molar-refractivity contribution in [2.24, 2.45) is 5.92 Å². The lowest BCUT2D eigenvalue weighted by molar-refractivity contribution is 0.222. The Morgan fingerprint density at radius 1 is 1.30 bits per heavy atom. The number of anilines is 1. The highest BCUT2D eigenvalue weighted by molar-refractivity contribution is 5.57. The molecule has 2 atom stereocenters. The van der Waals surface area contributed by atoms with Crippen LogP contribution in [0.4, 0.5) is 5.82 Å². The van der Waals surface area contributed by atoms with Gasteiger partial charge in [0.25, 0.3) is 0 Å². The Labute approximate surface area is 120 Å². The summed E-state index contributed by atoms with van der Waals surface area (Å²) in [5.74, 6) is 0.825. The third-order valence-electron chi connectivity index (χ3n) is 4.17. The molecule has 1 heterocycles. The minimum absolute atomic E-state index is 0.181.